The van der Waals surface area contributed by atoms with Crippen molar-refractivity contribution in [3.8, 4) is 5.75 Å². The number of para-hydroxylation sites is 1. The Bertz CT molecular complexity index is 1200. The molecule has 6 nitrogen and oxygen atoms in total. The molecule has 2 aliphatic rings. The fourth-order valence-corrected chi connectivity index (χ4v) is 4.62. The molecule has 0 N–H and O–H groups in total. The third kappa shape index (κ3) is 3.15. The van der Waals surface area contributed by atoms with Crippen LogP contribution in [0, 0.1) is 12.8 Å². The molecular formula is C25H21ClN2O4. The van der Waals surface area contributed by atoms with Crippen LogP contribution in [-0.2, 0) is 14.4 Å². The molecule has 2 saturated heterocycles. The van der Waals surface area contributed by atoms with Crippen LogP contribution in [0.3, 0.4) is 0 Å². The number of hydrogen-bond acceptors (Lipinski definition) is 5. The predicted molar refractivity (Wildman–Crippen MR) is 122 cm³/mol. The van der Waals surface area contributed by atoms with Crippen molar-refractivity contribution >= 4 is 34.8 Å². The first kappa shape index (κ1) is 20.5. The van der Waals surface area contributed by atoms with Gasteiger partial charge in [-0.2, -0.15) is 0 Å². The summed E-state index contributed by atoms with van der Waals surface area (Å²) in [5.41, 5.74) is 2.75. The quantitative estimate of drug-likeness (QED) is 0.541. The Hall–Kier alpha value is -3.35. The summed E-state index contributed by atoms with van der Waals surface area (Å²) in [6, 6.07) is 21.7. The molecule has 3 atom stereocenters. The Balaban J connectivity index is 1.61. The van der Waals surface area contributed by atoms with Crippen LogP contribution in [0.25, 0.3) is 0 Å². The first-order valence-electron chi connectivity index (χ1n) is 10.3. The van der Waals surface area contributed by atoms with Crippen molar-refractivity contribution in [1.82, 2.24) is 0 Å². The second-order valence-electron chi connectivity index (χ2n) is 7.83. The maximum Gasteiger partial charge on any atom is 0.266 e. The number of halogens is 1. The number of carbonyl (C=O) groups excluding carboxylic acids is 2. The maximum atomic E-state index is 13.7. The molecule has 7 heteroatoms. The second-order valence-corrected chi connectivity index (χ2v) is 8.24. The summed E-state index contributed by atoms with van der Waals surface area (Å²) in [7, 11) is 1.59. The van der Waals surface area contributed by atoms with E-state index < -0.39 is 24.0 Å². The molecule has 2 aliphatic heterocycles. The van der Waals surface area contributed by atoms with Gasteiger partial charge in [0.15, 0.2) is 6.10 Å². The highest BCUT2D eigenvalue weighted by Crippen LogP contribution is 2.48. The topological polar surface area (TPSA) is 59.1 Å². The summed E-state index contributed by atoms with van der Waals surface area (Å²) in [5, 5.41) is 2.17. The van der Waals surface area contributed by atoms with Crippen molar-refractivity contribution in [3.63, 3.8) is 0 Å². The highest BCUT2D eigenvalue weighted by molar-refractivity contribution is 6.32. The van der Waals surface area contributed by atoms with E-state index in [2.05, 4.69) is 0 Å². The number of ether oxygens (including phenoxy) is 1. The molecule has 0 spiro atoms. The van der Waals surface area contributed by atoms with Gasteiger partial charge in [0, 0.05) is 5.02 Å². The van der Waals surface area contributed by atoms with Crippen LogP contribution in [0.2, 0.25) is 5.02 Å². The van der Waals surface area contributed by atoms with E-state index in [0.717, 1.165) is 11.3 Å². The summed E-state index contributed by atoms with van der Waals surface area (Å²) in [5.74, 6) is -0.750. The molecule has 3 aromatic rings. The number of rotatable bonds is 4. The highest BCUT2D eigenvalue weighted by atomic mass is 35.5. The van der Waals surface area contributed by atoms with Crippen LogP contribution in [0.5, 0.6) is 5.75 Å². The van der Waals surface area contributed by atoms with Crippen LogP contribution >= 0.6 is 11.6 Å². The minimum absolute atomic E-state index is 0.309. The van der Waals surface area contributed by atoms with E-state index in [0.29, 0.717) is 22.0 Å². The van der Waals surface area contributed by atoms with Gasteiger partial charge in [-0.25, -0.2) is 9.96 Å². The Morgan fingerprint density at radius 3 is 2.44 bits per heavy atom. The molecule has 2 fully saturated rings. The van der Waals surface area contributed by atoms with E-state index in [-0.39, 0.29) is 5.91 Å². The molecule has 32 heavy (non-hydrogen) atoms. The van der Waals surface area contributed by atoms with Gasteiger partial charge in [-0.15, -0.1) is 0 Å². The Morgan fingerprint density at radius 2 is 1.69 bits per heavy atom. The molecule has 0 bridgehead atoms. The van der Waals surface area contributed by atoms with Crippen molar-refractivity contribution in [2.75, 3.05) is 17.1 Å². The van der Waals surface area contributed by atoms with Crippen LogP contribution in [0.1, 0.15) is 17.2 Å². The molecule has 162 valence electrons. The van der Waals surface area contributed by atoms with E-state index in [9.17, 15) is 9.59 Å². The molecule has 0 aromatic heterocycles. The van der Waals surface area contributed by atoms with E-state index in [4.69, 9.17) is 21.2 Å². The number of imide groups is 1. The average molecular weight is 449 g/mol. The SMILES string of the molecule is COc1cccc([C@@H]2[C@H]3C(=O)N(c4cccc(Cl)c4C)C(=O)[C@H]3ON2c2ccccc2)c1. The molecule has 0 radical (unpaired) electrons. The molecule has 0 saturated carbocycles. The number of nitrogens with zero attached hydrogens (tertiary/aromatic N) is 2. The monoisotopic (exact) mass is 448 g/mol. The van der Waals surface area contributed by atoms with Crippen molar-refractivity contribution in [2.45, 2.75) is 19.1 Å². The van der Waals surface area contributed by atoms with E-state index >= 15 is 0 Å². The Labute approximate surface area is 190 Å². The predicted octanol–water partition coefficient (Wildman–Crippen LogP) is 4.71. The number of fused-ring (bicyclic) bond motifs is 1. The summed E-state index contributed by atoms with van der Waals surface area (Å²) in [4.78, 5) is 34.5. The highest BCUT2D eigenvalue weighted by Gasteiger charge is 2.60. The third-order valence-electron chi connectivity index (χ3n) is 6.04. The van der Waals surface area contributed by atoms with Gasteiger partial charge in [-0.3, -0.25) is 14.4 Å². The number of hydroxylamine groups is 1. The molecular weight excluding hydrogens is 428 g/mol. The normalized spacial score (nSPS) is 22.4. The summed E-state index contributed by atoms with van der Waals surface area (Å²) in [6.45, 7) is 1.79. The zero-order valence-corrected chi connectivity index (χ0v) is 18.3. The first-order chi connectivity index (χ1) is 15.5. The summed E-state index contributed by atoms with van der Waals surface area (Å²) < 4.78 is 5.40. The fourth-order valence-electron chi connectivity index (χ4n) is 4.45. The lowest BCUT2D eigenvalue weighted by molar-refractivity contribution is -0.126. The van der Waals surface area contributed by atoms with E-state index in [1.165, 1.54) is 4.90 Å². The standard InChI is InChI=1S/C25H21ClN2O4/c1-15-19(26)12-7-13-20(15)27-24(29)21-22(16-8-6-11-18(14-16)31-2)28(32-23(21)25(27)30)17-9-4-3-5-10-17/h3-14,21-23H,1-2H3/t21-,22-,23+/m1/s1. The number of anilines is 2. The Morgan fingerprint density at radius 1 is 0.938 bits per heavy atom. The molecule has 0 unspecified atom stereocenters. The van der Waals surface area contributed by atoms with Gasteiger partial charge in [-0.05, 0) is 54.4 Å². The van der Waals surface area contributed by atoms with Gasteiger partial charge in [0.25, 0.3) is 5.91 Å². The van der Waals surface area contributed by atoms with Crippen LogP contribution < -0.4 is 14.7 Å². The lowest BCUT2D eigenvalue weighted by Gasteiger charge is -2.29. The van der Waals surface area contributed by atoms with Crippen LogP contribution in [-0.4, -0.2) is 25.0 Å². The van der Waals surface area contributed by atoms with Gasteiger partial charge < -0.3 is 4.74 Å². The van der Waals surface area contributed by atoms with Gasteiger partial charge in [-0.1, -0.05) is 48.0 Å². The van der Waals surface area contributed by atoms with E-state index in [1.807, 2.05) is 54.6 Å². The summed E-state index contributed by atoms with van der Waals surface area (Å²) in [6.07, 6.45) is -0.933. The first-order valence-corrected chi connectivity index (χ1v) is 10.7. The smallest absolute Gasteiger partial charge is 0.266 e. The lowest BCUT2D eigenvalue weighted by atomic mass is 9.90. The zero-order chi connectivity index (χ0) is 22.4. The molecule has 5 rings (SSSR count). The van der Waals surface area contributed by atoms with Gasteiger partial charge in [0.2, 0.25) is 5.91 Å². The number of carbonyl (C=O) groups is 2. The second kappa shape index (κ2) is 7.97. The van der Waals surface area contributed by atoms with Crippen LogP contribution in [0.4, 0.5) is 11.4 Å². The van der Waals surface area contributed by atoms with Gasteiger partial charge in [0.1, 0.15) is 11.7 Å². The van der Waals surface area contributed by atoms with E-state index in [1.54, 1.807) is 37.3 Å². The van der Waals surface area contributed by atoms with Crippen molar-refractivity contribution in [2.24, 2.45) is 5.92 Å². The lowest BCUT2D eigenvalue weighted by Crippen LogP contribution is -2.37. The minimum Gasteiger partial charge on any atom is -0.497 e. The number of methoxy groups -OCH3 is 1. The third-order valence-corrected chi connectivity index (χ3v) is 6.45. The zero-order valence-electron chi connectivity index (χ0n) is 17.6. The number of benzene rings is 3. The maximum absolute atomic E-state index is 13.7. The summed E-state index contributed by atoms with van der Waals surface area (Å²) >= 11 is 6.27. The Kier molecular flexibility index (Phi) is 5.12. The average Bonchev–Trinajstić information content (AvgIpc) is 3.33. The van der Waals surface area contributed by atoms with Crippen molar-refractivity contribution < 1.29 is 19.2 Å². The largest absolute Gasteiger partial charge is 0.497 e. The molecule has 2 amide bonds. The van der Waals surface area contributed by atoms with Crippen molar-refractivity contribution in [3.05, 3.63) is 88.9 Å². The minimum atomic E-state index is -0.933. The number of hydrogen-bond donors (Lipinski definition) is 0. The molecule has 2 heterocycles. The number of amides is 2. The van der Waals surface area contributed by atoms with Crippen molar-refractivity contribution in [1.29, 1.82) is 0 Å². The molecule has 0 aliphatic carbocycles. The van der Waals surface area contributed by atoms with Gasteiger partial charge >= 0.3 is 0 Å². The van der Waals surface area contributed by atoms with Gasteiger partial charge in [0.05, 0.1) is 24.5 Å². The molecule has 3 aromatic carbocycles. The fraction of sp³-hybridized carbons (Fsp3) is 0.200. The van der Waals surface area contributed by atoms with Crippen LogP contribution in [0.15, 0.2) is 72.8 Å².